The van der Waals surface area contributed by atoms with Crippen molar-refractivity contribution in [2.45, 2.75) is 11.8 Å². The molecule has 6 nitrogen and oxygen atoms in total. The summed E-state index contributed by atoms with van der Waals surface area (Å²) in [5.41, 5.74) is 1.93. The predicted molar refractivity (Wildman–Crippen MR) is 119 cm³/mol. The molecule has 3 aromatic rings. The number of carbonyl (C=O) groups excluding carboxylic acids is 1. The highest BCUT2D eigenvalue weighted by Gasteiger charge is 2.16. The lowest BCUT2D eigenvalue weighted by atomic mass is 10.1. The Hall–Kier alpha value is -3.60. The molecule has 3 aromatic carbocycles. The van der Waals surface area contributed by atoms with Crippen LogP contribution in [-0.4, -0.2) is 14.3 Å². The number of nitrogens with zero attached hydrogens (tertiary/aromatic N) is 1. The van der Waals surface area contributed by atoms with Crippen LogP contribution in [0.2, 0.25) is 5.02 Å². The van der Waals surface area contributed by atoms with Crippen molar-refractivity contribution in [3.63, 3.8) is 0 Å². The fraction of sp³-hybridized carbons (Fsp3) is 0.0435. The van der Waals surface area contributed by atoms with Crippen molar-refractivity contribution in [3.8, 4) is 11.8 Å². The van der Waals surface area contributed by atoms with Crippen molar-refractivity contribution in [2.24, 2.45) is 0 Å². The zero-order valence-corrected chi connectivity index (χ0v) is 17.9. The van der Waals surface area contributed by atoms with Crippen LogP contribution in [0, 0.1) is 18.3 Å². The Bertz CT molecular complexity index is 1280. The van der Waals surface area contributed by atoms with Gasteiger partial charge in [0.25, 0.3) is 5.91 Å². The first kappa shape index (κ1) is 22.1. The third-order valence-electron chi connectivity index (χ3n) is 4.26. The van der Waals surface area contributed by atoms with Crippen molar-refractivity contribution in [1.82, 2.24) is 0 Å². The third-order valence-corrected chi connectivity index (χ3v) is 5.77. The second-order valence-electron chi connectivity index (χ2n) is 6.50. The summed E-state index contributed by atoms with van der Waals surface area (Å²) in [4.78, 5) is 12.4. The minimum atomic E-state index is -4.01. The number of hydrogen-bond acceptors (Lipinski definition) is 5. The summed E-state index contributed by atoms with van der Waals surface area (Å²) in [6, 6.07) is 20.7. The van der Waals surface area contributed by atoms with E-state index in [0.717, 1.165) is 5.56 Å². The number of carbonyl (C=O) groups is 1. The fourth-order valence-corrected chi connectivity index (χ4v) is 3.67. The molecular formula is C23H17ClN2O4S. The summed E-state index contributed by atoms with van der Waals surface area (Å²) in [5, 5.41) is 12.5. The standard InChI is InChI=1S/C23H17ClN2O4S/c1-16-4-2-3-5-22(16)26-23(27)18(15-25)14-17-6-10-20(11-7-17)30-31(28,29)21-12-8-19(24)9-13-21/h2-14H,1H3,(H,26,27)/b18-14+. The molecule has 0 aromatic heterocycles. The summed E-state index contributed by atoms with van der Waals surface area (Å²) in [5.74, 6) is -0.447. The topological polar surface area (TPSA) is 96.3 Å². The number of halogens is 1. The van der Waals surface area contributed by atoms with Crippen LogP contribution in [0.5, 0.6) is 5.75 Å². The SMILES string of the molecule is Cc1ccccc1NC(=O)/C(C#N)=C/c1ccc(OS(=O)(=O)c2ccc(Cl)cc2)cc1. The van der Waals surface area contributed by atoms with Crippen LogP contribution >= 0.6 is 11.6 Å². The van der Waals surface area contributed by atoms with Crippen molar-refractivity contribution >= 4 is 39.4 Å². The van der Waals surface area contributed by atoms with Gasteiger partial charge in [0.15, 0.2) is 0 Å². The molecular weight excluding hydrogens is 436 g/mol. The number of nitriles is 1. The Morgan fingerprint density at radius 1 is 1.03 bits per heavy atom. The van der Waals surface area contributed by atoms with E-state index in [2.05, 4.69) is 5.32 Å². The molecule has 31 heavy (non-hydrogen) atoms. The van der Waals surface area contributed by atoms with Crippen LogP contribution in [0.25, 0.3) is 6.08 Å². The number of rotatable bonds is 6. The van der Waals surface area contributed by atoms with Crippen molar-refractivity contribution < 1.29 is 17.4 Å². The number of hydrogen-bond donors (Lipinski definition) is 1. The van der Waals surface area contributed by atoms with Crippen LogP contribution < -0.4 is 9.50 Å². The van der Waals surface area contributed by atoms with Crippen LogP contribution in [0.4, 0.5) is 5.69 Å². The molecule has 1 amide bonds. The molecule has 0 saturated carbocycles. The Morgan fingerprint density at radius 2 is 1.68 bits per heavy atom. The first-order valence-electron chi connectivity index (χ1n) is 9.07. The normalized spacial score (nSPS) is 11.5. The number of amides is 1. The monoisotopic (exact) mass is 452 g/mol. The van der Waals surface area contributed by atoms with Crippen molar-refractivity contribution in [1.29, 1.82) is 5.26 Å². The Morgan fingerprint density at radius 3 is 2.29 bits per heavy atom. The number of nitrogens with one attached hydrogen (secondary N) is 1. The summed E-state index contributed by atoms with van der Waals surface area (Å²) >= 11 is 5.78. The highest BCUT2D eigenvalue weighted by molar-refractivity contribution is 7.87. The second kappa shape index (κ2) is 9.47. The van der Waals surface area contributed by atoms with E-state index in [1.807, 2.05) is 25.1 Å². The number of anilines is 1. The maximum absolute atomic E-state index is 12.4. The average molecular weight is 453 g/mol. The molecule has 3 rings (SSSR count). The van der Waals surface area contributed by atoms with Crippen LogP contribution in [-0.2, 0) is 14.9 Å². The first-order valence-corrected chi connectivity index (χ1v) is 10.9. The van der Waals surface area contributed by atoms with E-state index in [4.69, 9.17) is 15.8 Å². The smallest absolute Gasteiger partial charge is 0.339 e. The summed E-state index contributed by atoms with van der Waals surface area (Å²) < 4.78 is 29.8. The number of para-hydroxylation sites is 1. The summed E-state index contributed by atoms with van der Waals surface area (Å²) in [7, 11) is -4.01. The maximum atomic E-state index is 12.4. The molecule has 0 aliphatic carbocycles. The maximum Gasteiger partial charge on any atom is 0.339 e. The van der Waals surface area contributed by atoms with Crippen LogP contribution in [0.1, 0.15) is 11.1 Å². The van der Waals surface area contributed by atoms with Gasteiger partial charge in [0.2, 0.25) is 0 Å². The molecule has 0 unspecified atom stereocenters. The molecule has 1 N–H and O–H groups in total. The van der Waals surface area contributed by atoms with E-state index in [1.54, 1.807) is 24.3 Å². The fourth-order valence-electron chi connectivity index (χ4n) is 2.61. The van der Waals surface area contributed by atoms with Crippen LogP contribution in [0.3, 0.4) is 0 Å². The largest absolute Gasteiger partial charge is 0.379 e. The molecule has 156 valence electrons. The molecule has 0 atom stereocenters. The second-order valence-corrected chi connectivity index (χ2v) is 8.48. The number of benzene rings is 3. The van der Waals surface area contributed by atoms with E-state index in [-0.39, 0.29) is 16.2 Å². The van der Waals surface area contributed by atoms with Crippen molar-refractivity contribution in [2.75, 3.05) is 5.32 Å². The highest BCUT2D eigenvalue weighted by atomic mass is 35.5. The van der Waals surface area contributed by atoms with Crippen molar-refractivity contribution in [3.05, 3.63) is 94.5 Å². The van der Waals surface area contributed by atoms with E-state index in [1.165, 1.54) is 42.5 Å². The molecule has 0 radical (unpaired) electrons. The van der Waals surface area contributed by atoms with E-state index in [9.17, 15) is 18.5 Å². The third kappa shape index (κ3) is 5.72. The molecule has 0 fully saturated rings. The van der Waals surface area contributed by atoms with Gasteiger partial charge < -0.3 is 9.50 Å². The van der Waals surface area contributed by atoms with Crippen LogP contribution in [0.15, 0.2) is 83.3 Å². The summed E-state index contributed by atoms with van der Waals surface area (Å²) in [6.45, 7) is 1.85. The van der Waals surface area contributed by atoms with Gasteiger partial charge >= 0.3 is 10.1 Å². The minimum absolute atomic E-state index is 0.0273. The molecule has 0 spiro atoms. The highest BCUT2D eigenvalue weighted by Crippen LogP contribution is 2.22. The van der Waals surface area contributed by atoms with Gasteiger partial charge in [-0.25, -0.2) is 0 Å². The molecule has 0 heterocycles. The molecule has 8 heteroatoms. The Labute approximate surface area is 185 Å². The Kier molecular flexibility index (Phi) is 6.75. The van der Waals surface area contributed by atoms with Gasteiger partial charge in [0, 0.05) is 10.7 Å². The van der Waals surface area contributed by atoms with Gasteiger partial charge in [0.05, 0.1) is 0 Å². The predicted octanol–water partition coefficient (Wildman–Crippen LogP) is 4.96. The van der Waals surface area contributed by atoms with Gasteiger partial charge in [-0.1, -0.05) is 41.9 Å². The molecule has 0 aliphatic rings. The van der Waals surface area contributed by atoms with E-state index in [0.29, 0.717) is 16.3 Å². The van der Waals surface area contributed by atoms with Gasteiger partial charge in [-0.15, -0.1) is 0 Å². The van der Waals surface area contributed by atoms with Gasteiger partial charge in [-0.2, -0.15) is 13.7 Å². The van der Waals surface area contributed by atoms with Gasteiger partial charge in [-0.3, -0.25) is 4.79 Å². The number of aryl methyl sites for hydroxylation is 1. The zero-order chi connectivity index (χ0) is 22.4. The summed E-state index contributed by atoms with van der Waals surface area (Å²) in [6.07, 6.45) is 1.41. The average Bonchev–Trinajstić information content (AvgIpc) is 2.75. The first-order chi connectivity index (χ1) is 14.8. The quantitative estimate of drug-likeness (QED) is 0.324. The lowest BCUT2D eigenvalue weighted by molar-refractivity contribution is -0.112. The van der Waals surface area contributed by atoms with Gasteiger partial charge in [0.1, 0.15) is 22.3 Å². The lowest BCUT2D eigenvalue weighted by Crippen LogP contribution is -2.14. The molecule has 0 aliphatic heterocycles. The Balaban J connectivity index is 1.74. The lowest BCUT2D eigenvalue weighted by Gasteiger charge is -2.08. The minimum Gasteiger partial charge on any atom is -0.379 e. The molecule has 0 saturated heterocycles. The zero-order valence-electron chi connectivity index (χ0n) is 16.4. The van der Waals surface area contributed by atoms with E-state index >= 15 is 0 Å². The van der Waals surface area contributed by atoms with E-state index < -0.39 is 16.0 Å². The molecule has 0 bridgehead atoms. The van der Waals surface area contributed by atoms with Gasteiger partial charge in [-0.05, 0) is 66.6 Å².